The smallest absolute Gasteiger partial charge is 0.261 e. The van der Waals surface area contributed by atoms with Gasteiger partial charge in [-0.15, -0.1) is 0 Å². The lowest BCUT2D eigenvalue weighted by Gasteiger charge is -2.40. The lowest BCUT2D eigenvalue weighted by atomic mass is 9.96. The second-order valence-corrected chi connectivity index (χ2v) is 10.4. The van der Waals surface area contributed by atoms with Crippen LogP contribution in [0, 0.1) is 17.5 Å². The summed E-state index contributed by atoms with van der Waals surface area (Å²) in [5.74, 6) is -0.428. The van der Waals surface area contributed by atoms with Gasteiger partial charge < -0.3 is 14.2 Å². The number of furan rings is 1. The number of benzene rings is 3. The van der Waals surface area contributed by atoms with Gasteiger partial charge in [-0.05, 0) is 77.4 Å². The van der Waals surface area contributed by atoms with E-state index in [0.717, 1.165) is 35.6 Å². The predicted octanol–water partition coefficient (Wildman–Crippen LogP) is 6.85. The molecule has 9 heteroatoms. The van der Waals surface area contributed by atoms with E-state index in [1.807, 2.05) is 12.1 Å². The van der Waals surface area contributed by atoms with Crippen molar-refractivity contribution in [1.29, 1.82) is 0 Å². The molecule has 1 fully saturated rings. The number of anilines is 2. The van der Waals surface area contributed by atoms with E-state index in [9.17, 15) is 18.0 Å². The number of hydrogen-bond donors (Lipinski definition) is 0. The molecule has 0 unspecified atom stereocenters. The largest absolute Gasteiger partial charge is 0.472 e. The average Bonchev–Trinajstić information content (AvgIpc) is 3.58. The van der Waals surface area contributed by atoms with Crippen molar-refractivity contribution in [2.45, 2.75) is 12.6 Å². The van der Waals surface area contributed by atoms with Gasteiger partial charge in [0.05, 0.1) is 24.4 Å². The minimum Gasteiger partial charge on any atom is -0.472 e. The number of carbonyl (C=O) groups is 1. The number of halogens is 3. The van der Waals surface area contributed by atoms with Crippen LogP contribution < -0.4 is 9.80 Å². The summed E-state index contributed by atoms with van der Waals surface area (Å²) < 4.78 is 46.0. The van der Waals surface area contributed by atoms with E-state index in [1.54, 1.807) is 53.6 Å². The Labute approximate surface area is 247 Å². The highest BCUT2D eigenvalue weighted by molar-refractivity contribution is 6.05. The van der Waals surface area contributed by atoms with E-state index < -0.39 is 0 Å². The summed E-state index contributed by atoms with van der Waals surface area (Å²) in [7, 11) is 0. The van der Waals surface area contributed by atoms with Crippen LogP contribution in [0.2, 0.25) is 0 Å². The van der Waals surface area contributed by atoms with Crippen LogP contribution in [0.5, 0.6) is 0 Å². The number of amides is 1. The van der Waals surface area contributed by atoms with Gasteiger partial charge in [0.2, 0.25) is 0 Å². The molecule has 1 aliphatic heterocycles. The summed E-state index contributed by atoms with van der Waals surface area (Å²) in [5.41, 5.74) is 3.66. The van der Waals surface area contributed by atoms with Gasteiger partial charge in [-0.3, -0.25) is 9.69 Å². The Morgan fingerprint density at radius 1 is 0.767 bits per heavy atom. The molecule has 6 nitrogen and oxygen atoms in total. The molecule has 3 heterocycles. The second kappa shape index (κ2) is 12.5. The highest BCUT2D eigenvalue weighted by atomic mass is 19.1. The van der Waals surface area contributed by atoms with Crippen LogP contribution in [-0.4, -0.2) is 42.0 Å². The number of pyridine rings is 1. The summed E-state index contributed by atoms with van der Waals surface area (Å²) in [4.78, 5) is 24.0. The zero-order valence-electron chi connectivity index (χ0n) is 23.2. The molecule has 0 N–H and O–H groups in total. The molecule has 5 aromatic rings. The highest BCUT2D eigenvalue weighted by Gasteiger charge is 2.27. The summed E-state index contributed by atoms with van der Waals surface area (Å²) in [6.45, 7) is 3.12. The zero-order chi connectivity index (χ0) is 29.8. The summed E-state index contributed by atoms with van der Waals surface area (Å²) in [6, 6.07) is 24.0. The Bertz CT molecular complexity index is 1590. The van der Waals surface area contributed by atoms with E-state index >= 15 is 0 Å². The van der Waals surface area contributed by atoms with Gasteiger partial charge in [0, 0.05) is 38.1 Å². The fraction of sp³-hybridized carbons (Fsp3) is 0.176. The number of aromatic nitrogens is 1. The van der Waals surface area contributed by atoms with E-state index in [0.29, 0.717) is 24.3 Å². The van der Waals surface area contributed by atoms with Crippen LogP contribution in [0.1, 0.15) is 33.1 Å². The first-order valence-electron chi connectivity index (χ1n) is 14.0. The predicted molar refractivity (Wildman–Crippen MR) is 158 cm³/mol. The monoisotopic (exact) mass is 582 g/mol. The van der Waals surface area contributed by atoms with Crippen LogP contribution in [0.15, 0.2) is 114 Å². The molecule has 0 bridgehead atoms. The first-order valence-corrected chi connectivity index (χ1v) is 14.0. The Kier molecular flexibility index (Phi) is 8.24. The molecule has 0 saturated carbocycles. The molecule has 43 heavy (non-hydrogen) atoms. The molecule has 1 saturated heterocycles. The van der Waals surface area contributed by atoms with E-state index in [4.69, 9.17) is 9.40 Å². The van der Waals surface area contributed by atoms with Crippen molar-refractivity contribution >= 4 is 17.4 Å². The van der Waals surface area contributed by atoms with E-state index in [1.165, 1.54) is 48.9 Å². The van der Waals surface area contributed by atoms with Gasteiger partial charge in [-0.25, -0.2) is 18.2 Å². The van der Waals surface area contributed by atoms with E-state index in [2.05, 4.69) is 9.80 Å². The Morgan fingerprint density at radius 2 is 1.35 bits per heavy atom. The fourth-order valence-electron chi connectivity index (χ4n) is 5.44. The summed E-state index contributed by atoms with van der Waals surface area (Å²) >= 11 is 0. The van der Waals surface area contributed by atoms with Gasteiger partial charge in [-0.2, -0.15) is 0 Å². The minimum atomic E-state index is -0.382. The third-order valence-corrected chi connectivity index (χ3v) is 7.68. The Hall–Kier alpha value is -4.89. The molecule has 0 radical (unpaired) electrons. The molecule has 0 atom stereocenters. The number of nitrogens with zero attached hydrogens (tertiary/aromatic N) is 4. The maximum Gasteiger partial charge on any atom is 0.261 e. The van der Waals surface area contributed by atoms with E-state index in [-0.39, 0.29) is 35.9 Å². The van der Waals surface area contributed by atoms with Gasteiger partial charge in [-0.1, -0.05) is 30.3 Å². The molecule has 3 aromatic carbocycles. The molecule has 2 aromatic heterocycles. The number of carbonyl (C=O) groups excluding carboxylic acids is 1. The topological polar surface area (TPSA) is 52.8 Å². The fourth-order valence-corrected chi connectivity index (χ4v) is 5.44. The van der Waals surface area contributed by atoms with Crippen molar-refractivity contribution in [3.8, 4) is 0 Å². The Morgan fingerprint density at radius 3 is 1.86 bits per heavy atom. The third-order valence-electron chi connectivity index (χ3n) is 7.68. The zero-order valence-corrected chi connectivity index (χ0v) is 23.2. The maximum atomic E-state index is 13.7. The summed E-state index contributed by atoms with van der Waals surface area (Å²) in [5, 5.41) is 0. The van der Waals surface area contributed by atoms with Crippen LogP contribution >= 0.6 is 0 Å². The number of piperazine rings is 1. The quantitative estimate of drug-likeness (QED) is 0.200. The normalized spacial score (nSPS) is 13.8. The first-order chi connectivity index (χ1) is 20.9. The minimum absolute atomic E-state index is 0.135. The lowest BCUT2D eigenvalue weighted by molar-refractivity contribution is 0.0984. The van der Waals surface area contributed by atoms with Crippen molar-refractivity contribution < 1.29 is 22.4 Å². The van der Waals surface area contributed by atoms with Crippen LogP contribution in [0.4, 0.5) is 24.7 Å². The summed E-state index contributed by atoms with van der Waals surface area (Å²) in [6.07, 6.45) is 4.57. The van der Waals surface area contributed by atoms with Crippen molar-refractivity contribution in [2.75, 3.05) is 36.0 Å². The molecular weight excluding hydrogens is 553 g/mol. The van der Waals surface area contributed by atoms with Crippen molar-refractivity contribution in [3.63, 3.8) is 0 Å². The van der Waals surface area contributed by atoms with Gasteiger partial charge in [0.1, 0.15) is 29.5 Å². The molecule has 6 rings (SSSR count). The third kappa shape index (κ3) is 6.47. The lowest BCUT2D eigenvalue weighted by Crippen LogP contribution is -2.48. The molecular formula is C34H29F3N4O2. The SMILES string of the molecule is O=C(c1ccoc1)N(Cc1ccc(N2CCN(C(c3ccc(F)cc3)c3ccc(F)cc3)CC2)nc1)c1ccc(F)cc1. The highest BCUT2D eigenvalue weighted by Crippen LogP contribution is 2.31. The maximum absolute atomic E-state index is 13.7. The standard InChI is InChI=1S/C34H29F3N4O2/c35-28-6-2-25(3-7-28)33(26-4-8-29(36)9-5-26)40-18-16-39(17-19-40)32-14-1-24(21-38-32)22-41(31-12-10-30(37)11-13-31)34(42)27-15-20-43-23-27/h1-15,20-21,23,33H,16-19,22H2. The van der Waals surface area contributed by atoms with Crippen LogP contribution in [-0.2, 0) is 6.54 Å². The number of hydrogen-bond acceptors (Lipinski definition) is 5. The Balaban J connectivity index is 1.15. The molecule has 0 spiro atoms. The molecule has 1 aliphatic rings. The number of rotatable bonds is 8. The van der Waals surface area contributed by atoms with Crippen molar-refractivity contribution in [2.24, 2.45) is 0 Å². The van der Waals surface area contributed by atoms with Crippen molar-refractivity contribution in [3.05, 3.63) is 149 Å². The van der Waals surface area contributed by atoms with Gasteiger partial charge in [0.25, 0.3) is 5.91 Å². The van der Waals surface area contributed by atoms with Crippen LogP contribution in [0.3, 0.4) is 0 Å². The van der Waals surface area contributed by atoms with Gasteiger partial charge >= 0.3 is 0 Å². The molecule has 218 valence electrons. The van der Waals surface area contributed by atoms with Crippen molar-refractivity contribution in [1.82, 2.24) is 9.88 Å². The molecule has 0 aliphatic carbocycles. The first kappa shape index (κ1) is 28.2. The average molecular weight is 583 g/mol. The van der Waals surface area contributed by atoms with Crippen LogP contribution in [0.25, 0.3) is 0 Å². The molecule has 1 amide bonds. The van der Waals surface area contributed by atoms with Gasteiger partial charge in [0.15, 0.2) is 0 Å². The second-order valence-electron chi connectivity index (χ2n) is 10.4.